The molecule has 0 bridgehead atoms. The van der Waals surface area contributed by atoms with Crippen molar-refractivity contribution in [1.29, 1.82) is 0 Å². The lowest BCUT2D eigenvalue weighted by Crippen LogP contribution is -2.50. The topological polar surface area (TPSA) is 283 Å². The third-order valence-corrected chi connectivity index (χ3v) is 19.8. The van der Waals surface area contributed by atoms with Crippen LogP contribution in [-0.2, 0) is 31.7 Å². The van der Waals surface area contributed by atoms with E-state index in [9.17, 15) is 28.5 Å². The van der Waals surface area contributed by atoms with Crippen molar-refractivity contribution in [2.24, 2.45) is 23.2 Å². The van der Waals surface area contributed by atoms with Gasteiger partial charge in [-0.1, -0.05) is 45.9 Å². The minimum Gasteiger partial charge on any atom is -0.409 e. The molecule has 11 atom stereocenters. The molecule has 9 rings (SSSR count). The number of phosphoric ester groups is 2. The number of carbonyl (C=O) groups excluding carboxylic acids is 1. The molecule has 4 aliphatic rings. The van der Waals surface area contributed by atoms with E-state index in [0.717, 1.165) is 0 Å². The minimum atomic E-state index is -4.90. The molecule has 3 aliphatic carbocycles. The summed E-state index contributed by atoms with van der Waals surface area (Å²) in [6.07, 6.45) is 1.71. The Morgan fingerprint density at radius 2 is 1.72 bits per heavy atom. The number of imidazole rings is 2. The number of nitrogens with zero attached hydrogens (tertiary/aromatic N) is 7. The van der Waals surface area contributed by atoms with Gasteiger partial charge in [-0.05, 0) is 49.0 Å². The van der Waals surface area contributed by atoms with Gasteiger partial charge in [-0.25, -0.2) is 29.1 Å². The number of nitrogens with one attached hydrogen (secondary N) is 2. The van der Waals surface area contributed by atoms with Gasteiger partial charge < -0.3 is 34.4 Å². The monoisotopic (exact) mass is 898 g/mol. The highest BCUT2D eigenvalue weighted by Gasteiger charge is 2.75. The van der Waals surface area contributed by atoms with Crippen LogP contribution in [0.4, 0.5) is 11.8 Å². The number of hydrogen-bond donors (Lipinski definition) is 5. The summed E-state index contributed by atoms with van der Waals surface area (Å²) in [4.78, 5) is 73.2. The molecular weight excluding hydrogens is 850 g/mol. The lowest BCUT2D eigenvalue weighted by molar-refractivity contribution is -0.0402. The lowest BCUT2D eigenvalue weighted by Gasteiger charge is -2.43. The summed E-state index contributed by atoms with van der Waals surface area (Å²) in [5.41, 5.74) is 5.64. The van der Waals surface area contributed by atoms with Gasteiger partial charge in [0.15, 0.2) is 36.5 Å². The van der Waals surface area contributed by atoms with Crippen LogP contribution in [0.3, 0.4) is 0 Å². The first-order chi connectivity index (χ1) is 28.7. The van der Waals surface area contributed by atoms with Gasteiger partial charge in [0.05, 0.1) is 44.1 Å². The van der Waals surface area contributed by atoms with E-state index in [2.05, 4.69) is 35.2 Å². The van der Waals surface area contributed by atoms with Crippen LogP contribution < -0.4 is 16.6 Å². The second-order valence-electron chi connectivity index (χ2n) is 18.0. The number of benzene rings is 1. The average molecular weight is 899 g/mol. The molecule has 3 saturated carbocycles. The number of anilines is 2. The van der Waals surface area contributed by atoms with E-state index in [0.29, 0.717) is 23.1 Å². The van der Waals surface area contributed by atoms with Gasteiger partial charge in [0, 0.05) is 28.9 Å². The Labute approximate surface area is 350 Å². The van der Waals surface area contributed by atoms with Gasteiger partial charge in [0.25, 0.3) is 11.5 Å². The van der Waals surface area contributed by atoms with Gasteiger partial charge >= 0.3 is 15.6 Å². The third kappa shape index (κ3) is 7.39. The lowest BCUT2D eigenvalue weighted by atomic mass is 10.0. The van der Waals surface area contributed by atoms with Gasteiger partial charge in [-0.3, -0.25) is 32.7 Å². The molecule has 2 unspecified atom stereocenters. The molecule has 0 radical (unpaired) electrons. The van der Waals surface area contributed by atoms with Crippen LogP contribution in [0.2, 0.25) is 18.1 Å². The van der Waals surface area contributed by atoms with E-state index in [1.54, 1.807) is 39.5 Å². The second kappa shape index (κ2) is 14.7. The van der Waals surface area contributed by atoms with Crippen molar-refractivity contribution < 1.29 is 46.2 Å². The largest absolute Gasteiger partial charge is 0.472 e. The number of amides is 1. The van der Waals surface area contributed by atoms with E-state index in [4.69, 9.17) is 28.3 Å². The average Bonchev–Trinajstić information content (AvgIpc) is 3.44. The zero-order valence-corrected chi connectivity index (χ0v) is 37.0. The fourth-order valence-corrected chi connectivity index (χ4v) is 12.7. The van der Waals surface area contributed by atoms with Gasteiger partial charge in [0.2, 0.25) is 5.95 Å². The predicted octanol–water partition coefficient (Wildman–Crippen LogP) is 4.96. The number of H-pyrrole nitrogens is 1. The van der Waals surface area contributed by atoms with Crippen LogP contribution in [0, 0.1) is 23.2 Å². The summed E-state index contributed by atoms with van der Waals surface area (Å²) in [6, 6.07) is 7.50. The molecule has 21 nitrogen and oxygen atoms in total. The van der Waals surface area contributed by atoms with Crippen molar-refractivity contribution in [3.05, 3.63) is 65.2 Å². The summed E-state index contributed by atoms with van der Waals surface area (Å²) >= 11 is 0. The number of rotatable bonds is 6. The first-order valence-electron chi connectivity index (χ1n) is 19.9. The molecule has 1 amide bonds. The highest BCUT2D eigenvalue weighted by atomic mass is 31.2. The standard InChI is InChI=1S/C37H48N10O11P2Si/c1-19-23(46-17-41-24-30(39-16-40-31(24)46)43-33(48)20-10-8-7-9-11-20)12-21-14-54-59(50,51)57-29-28(58-61(5,6)36(2,3)4)26(47-18-42-25-32(47)44-35(38)45-34(25)49)22-13-37(22,29)15-55-60(52,53)56-27(19)21/h7-11,16-19,21-23,26-29H,12-15H2,1-6H3,(H,50,51)(H,52,53)(H3,38,44,45,49)(H,39,40,43,48)/t19-,21+,22+,23+,26+,27-,28-,29-,37+/m0/s1. The van der Waals surface area contributed by atoms with Gasteiger partial charge in [-0.15, -0.1) is 0 Å². The van der Waals surface area contributed by atoms with Crippen molar-refractivity contribution in [3.8, 4) is 0 Å². The summed E-state index contributed by atoms with van der Waals surface area (Å²) in [7, 11) is -12.4. The minimum absolute atomic E-state index is 0.0350. The zero-order valence-electron chi connectivity index (χ0n) is 34.2. The maximum absolute atomic E-state index is 14.2. The smallest absolute Gasteiger partial charge is 0.409 e. The molecule has 6 N–H and O–H groups in total. The maximum Gasteiger partial charge on any atom is 0.472 e. The number of aromatic nitrogens is 8. The number of carbonyl (C=O) groups is 1. The number of fused-ring (bicyclic) bond motifs is 3. The molecule has 24 heteroatoms. The van der Waals surface area contributed by atoms with E-state index < -0.39 is 96.3 Å². The van der Waals surface area contributed by atoms with E-state index in [-0.39, 0.29) is 40.3 Å². The first-order valence-corrected chi connectivity index (χ1v) is 25.8. The molecule has 61 heavy (non-hydrogen) atoms. The van der Waals surface area contributed by atoms with Crippen molar-refractivity contribution >= 4 is 64.0 Å². The number of nitrogens with two attached hydrogens (primary N) is 1. The fraction of sp³-hybridized carbons (Fsp3) is 0.541. The van der Waals surface area contributed by atoms with E-state index in [1.165, 1.54) is 19.0 Å². The van der Waals surface area contributed by atoms with Crippen LogP contribution in [0.25, 0.3) is 22.3 Å². The summed E-state index contributed by atoms with van der Waals surface area (Å²) in [6.45, 7) is 11.2. The SMILES string of the molecule is C[C@@H]1[C@@H]2OP(=O)(O)OC[C@]34C[C@@H]3[C@@H](n3cnc5c(=O)[nH]c(N)nc53)[C@H](O[Si](C)(C)C(C)(C)C)[C@@H]4OP(=O)(O)OC[C@H]2C[C@H]1n1cnc2c(NC(=O)c3ccccc3)ncnc21. The van der Waals surface area contributed by atoms with Crippen LogP contribution in [0.15, 0.2) is 54.1 Å². The Balaban J connectivity index is 1.03. The van der Waals surface area contributed by atoms with Crippen molar-refractivity contribution in [3.63, 3.8) is 0 Å². The Morgan fingerprint density at radius 3 is 2.46 bits per heavy atom. The second-order valence-corrected chi connectivity index (χ2v) is 25.6. The zero-order chi connectivity index (χ0) is 43.4. The highest BCUT2D eigenvalue weighted by molar-refractivity contribution is 7.47. The molecule has 5 heterocycles. The molecule has 1 saturated heterocycles. The van der Waals surface area contributed by atoms with Gasteiger partial charge in [-0.2, -0.15) is 4.98 Å². The van der Waals surface area contributed by atoms with Crippen LogP contribution >= 0.6 is 15.6 Å². The van der Waals surface area contributed by atoms with Crippen molar-refractivity contribution in [1.82, 2.24) is 39.0 Å². The first kappa shape index (κ1) is 42.1. The third-order valence-electron chi connectivity index (χ3n) is 13.4. The van der Waals surface area contributed by atoms with Crippen LogP contribution in [-0.4, -0.2) is 94.6 Å². The molecule has 5 aromatic rings. The van der Waals surface area contributed by atoms with Crippen LogP contribution in [0.1, 0.15) is 63.0 Å². The Hall–Kier alpha value is -4.21. The molecule has 1 spiro atoms. The summed E-state index contributed by atoms with van der Waals surface area (Å²) in [5.74, 6) is -1.96. The highest BCUT2D eigenvalue weighted by Crippen LogP contribution is 2.73. The normalized spacial score (nSPS) is 34.3. The molecule has 4 aromatic heterocycles. The molecule has 1 aliphatic heterocycles. The number of hydrogen-bond acceptors (Lipinski definition) is 15. The Morgan fingerprint density at radius 1 is 1.02 bits per heavy atom. The molecule has 4 fully saturated rings. The molecule has 1 aromatic carbocycles. The number of phosphoric acid groups is 2. The summed E-state index contributed by atoms with van der Waals surface area (Å²) < 4.78 is 62.6. The molecule has 326 valence electrons. The quantitative estimate of drug-likeness (QED) is 0.111. The van der Waals surface area contributed by atoms with E-state index in [1.807, 2.05) is 40.8 Å². The number of aromatic amines is 1. The predicted molar refractivity (Wildman–Crippen MR) is 222 cm³/mol. The Bertz CT molecular complexity index is 2690. The summed E-state index contributed by atoms with van der Waals surface area (Å²) in [5, 5.41) is 2.47. The molecular formula is C37H48N10O11P2Si. The van der Waals surface area contributed by atoms with Gasteiger partial charge in [0.1, 0.15) is 12.4 Å². The maximum atomic E-state index is 14.2. The number of nitrogen functional groups attached to an aromatic ring is 1. The fourth-order valence-electron chi connectivity index (χ4n) is 9.17. The van der Waals surface area contributed by atoms with Crippen molar-refractivity contribution in [2.45, 2.75) is 89.1 Å². The van der Waals surface area contributed by atoms with Crippen LogP contribution in [0.5, 0.6) is 0 Å². The Kier molecular flexibility index (Phi) is 10.1. The van der Waals surface area contributed by atoms with Crippen molar-refractivity contribution in [2.75, 3.05) is 24.3 Å². The van der Waals surface area contributed by atoms with E-state index >= 15 is 0 Å².